The average Bonchev–Trinajstić information content (AvgIpc) is 2.55. The summed E-state index contributed by atoms with van der Waals surface area (Å²) in [4.78, 5) is 24.3. The molecular formula is C15H21N3O4. The number of para-hydroxylation sites is 2. The highest BCUT2D eigenvalue weighted by molar-refractivity contribution is 5.76. The van der Waals surface area contributed by atoms with E-state index in [0.717, 1.165) is 25.9 Å². The molecule has 0 saturated carbocycles. The Labute approximate surface area is 129 Å². The van der Waals surface area contributed by atoms with E-state index in [2.05, 4.69) is 5.32 Å². The lowest BCUT2D eigenvalue weighted by Gasteiger charge is -2.31. The largest absolute Gasteiger partial charge is 0.486 e. The van der Waals surface area contributed by atoms with Crippen molar-refractivity contribution in [1.29, 1.82) is 0 Å². The van der Waals surface area contributed by atoms with E-state index in [-0.39, 0.29) is 36.4 Å². The molecule has 1 aromatic carbocycles. The monoisotopic (exact) mass is 307 g/mol. The molecule has 0 bridgehead atoms. The summed E-state index contributed by atoms with van der Waals surface area (Å²) in [6.45, 7) is 1.99. The third-order valence-electron chi connectivity index (χ3n) is 3.89. The first-order valence-corrected chi connectivity index (χ1v) is 7.42. The number of nitro groups is 1. The molecule has 1 aliphatic heterocycles. The number of nitrogens with zero attached hydrogens (tertiary/aromatic N) is 2. The van der Waals surface area contributed by atoms with E-state index in [1.165, 1.54) is 6.07 Å². The van der Waals surface area contributed by atoms with Crippen LogP contribution in [-0.2, 0) is 4.79 Å². The quantitative estimate of drug-likeness (QED) is 0.637. The standard InChI is InChI=1S/C15H21N3O4/c1-17(12-6-9-16-10-7-12)15(19)8-11-22-14-5-3-2-4-13(14)18(20)21/h2-5,12,16H,6-11H2,1H3. The van der Waals surface area contributed by atoms with Gasteiger partial charge < -0.3 is 15.0 Å². The maximum Gasteiger partial charge on any atom is 0.310 e. The van der Waals surface area contributed by atoms with Gasteiger partial charge in [-0.15, -0.1) is 0 Å². The summed E-state index contributed by atoms with van der Waals surface area (Å²) in [6.07, 6.45) is 2.12. The Morgan fingerprint density at radius 1 is 1.41 bits per heavy atom. The molecule has 7 nitrogen and oxygen atoms in total. The first-order chi connectivity index (χ1) is 10.6. The molecule has 1 heterocycles. The second-order valence-electron chi connectivity index (χ2n) is 5.31. The van der Waals surface area contributed by atoms with Gasteiger partial charge in [0.05, 0.1) is 18.0 Å². The summed E-state index contributed by atoms with van der Waals surface area (Å²) >= 11 is 0. The van der Waals surface area contributed by atoms with Gasteiger partial charge in [-0.3, -0.25) is 14.9 Å². The molecule has 0 spiro atoms. The molecular weight excluding hydrogens is 286 g/mol. The minimum Gasteiger partial charge on any atom is -0.486 e. The molecule has 7 heteroatoms. The highest BCUT2D eigenvalue weighted by Crippen LogP contribution is 2.25. The fourth-order valence-electron chi connectivity index (χ4n) is 2.55. The van der Waals surface area contributed by atoms with E-state index in [0.29, 0.717) is 0 Å². The van der Waals surface area contributed by atoms with Crippen molar-refractivity contribution in [2.45, 2.75) is 25.3 Å². The van der Waals surface area contributed by atoms with Crippen LogP contribution in [0.5, 0.6) is 5.75 Å². The molecule has 0 atom stereocenters. The number of ether oxygens (including phenoxy) is 1. The second kappa shape index (κ2) is 7.74. The third-order valence-corrected chi connectivity index (χ3v) is 3.89. The zero-order valence-corrected chi connectivity index (χ0v) is 12.7. The number of hydrogen-bond donors (Lipinski definition) is 1. The van der Waals surface area contributed by atoms with Crippen molar-refractivity contribution < 1.29 is 14.5 Å². The van der Waals surface area contributed by atoms with Gasteiger partial charge in [0.2, 0.25) is 5.91 Å². The molecule has 22 heavy (non-hydrogen) atoms. The van der Waals surface area contributed by atoms with Crippen molar-refractivity contribution in [1.82, 2.24) is 10.2 Å². The van der Waals surface area contributed by atoms with Gasteiger partial charge in [-0.25, -0.2) is 0 Å². The number of piperidine rings is 1. The van der Waals surface area contributed by atoms with Crippen molar-refractivity contribution in [3.05, 3.63) is 34.4 Å². The van der Waals surface area contributed by atoms with E-state index in [1.807, 2.05) is 7.05 Å². The molecule has 0 radical (unpaired) electrons. The maximum absolute atomic E-state index is 12.1. The van der Waals surface area contributed by atoms with E-state index < -0.39 is 4.92 Å². The number of benzene rings is 1. The molecule has 1 saturated heterocycles. The molecule has 1 amide bonds. The Morgan fingerprint density at radius 3 is 2.77 bits per heavy atom. The number of rotatable bonds is 6. The SMILES string of the molecule is CN(C(=O)CCOc1ccccc1[N+](=O)[O-])C1CCNCC1. The van der Waals surface area contributed by atoms with Gasteiger partial charge in [-0.05, 0) is 32.0 Å². The Morgan fingerprint density at radius 2 is 2.09 bits per heavy atom. The van der Waals surface area contributed by atoms with Crippen LogP contribution in [0.3, 0.4) is 0 Å². The van der Waals surface area contributed by atoms with Crippen LogP contribution in [0.25, 0.3) is 0 Å². The molecule has 0 aliphatic carbocycles. The van der Waals surface area contributed by atoms with Gasteiger partial charge in [-0.1, -0.05) is 12.1 Å². The number of carbonyl (C=O) groups excluding carboxylic acids is 1. The lowest BCUT2D eigenvalue weighted by Crippen LogP contribution is -2.44. The summed E-state index contributed by atoms with van der Waals surface area (Å²) in [5.74, 6) is 0.204. The van der Waals surface area contributed by atoms with E-state index in [9.17, 15) is 14.9 Å². The zero-order valence-electron chi connectivity index (χ0n) is 12.7. The Balaban J connectivity index is 1.83. The van der Waals surface area contributed by atoms with Crippen molar-refractivity contribution >= 4 is 11.6 Å². The molecule has 0 unspecified atom stereocenters. The number of carbonyl (C=O) groups is 1. The summed E-state index contributed by atoms with van der Waals surface area (Å²) in [5.41, 5.74) is -0.0818. The average molecular weight is 307 g/mol. The van der Waals surface area contributed by atoms with Crippen LogP contribution in [0.4, 0.5) is 5.69 Å². The Kier molecular flexibility index (Phi) is 5.71. The summed E-state index contributed by atoms with van der Waals surface area (Å²) in [6, 6.07) is 6.45. The fourth-order valence-corrected chi connectivity index (χ4v) is 2.55. The van der Waals surface area contributed by atoms with Gasteiger partial charge in [0.25, 0.3) is 0 Å². The van der Waals surface area contributed by atoms with E-state index in [4.69, 9.17) is 4.74 Å². The molecule has 1 fully saturated rings. The summed E-state index contributed by atoms with van der Waals surface area (Å²) in [5, 5.41) is 14.1. The fraction of sp³-hybridized carbons (Fsp3) is 0.533. The lowest BCUT2D eigenvalue weighted by molar-refractivity contribution is -0.385. The third kappa shape index (κ3) is 4.17. The van der Waals surface area contributed by atoms with Crippen molar-refractivity contribution in [3.63, 3.8) is 0 Å². The molecule has 2 rings (SSSR count). The van der Waals surface area contributed by atoms with Gasteiger partial charge in [0, 0.05) is 19.2 Å². The molecule has 1 N–H and O–H groups in total. The van der Waals surface area contributed by atoms with Crippen LogP contribution in [0, 0.1) is 10.1 Å². The predicted octanol–water partition coefficient (Wildman–Crippen LogP) is 1.57. The van der Waals surface area contributed by atoms with E-state index in [1.54, 1.807) is 23.1 Å². The van der Waals surface area contributed by atoms with Crippen LogP contribution in [0.15, 0.2) is 24.3 Å². The predicted molar refractivity (Wildman–Crippen MR) is 81.9 cm³/mol. The first-order valence-electron chi connectivity index (χ1n) is 7.42. The number of hydrogen-bond acceptors (Lipinski definition) is 5. The van der Waals surface area contributed by atoms with Gasteiger partial charge in [0.1, 0.15) is 0 Å². The molecule has 1 aromatic rings. The van der Waals surface area contributed by atoms with Gasteiger partial charge >= 0.3 is 5.69 Å². The number of nitro benzene ring substituents is 1. The Hall–Kier alpha value is -2.15. The van der Waals surface area contributed by atoms with Gasteiger partial charge in [0.15, 0.2) is 5.75 Å². The van der Waals surface area contributed by atoms with Crippen molar-refractivity contribution in [3.8, 4) is 5.75 Å². The summed E-state index contributed by atoms with van der Waals surface area (Å²) in [7, 11) is 1.81. The van der Waals surface area contributed by atoms with Crippen molar-refractivity contribution in [2.75, 3.05) is 26.7 Å². The smallest absolute Gasteiger partial charge is 0.310 e. The van der Waals surface area contributed by atoms with Gasteiger partial charge in [-0.2, -0.15) is 0 Å². The van der Waals surface area contributed by atoms with Crippen LogP contribution in [0.1, 0.15) is 19.3 Å². The maximum atomic E-state index is 12.1. The number of amides is 1. The van der Waals surface area contributed by atoms with Crippen LogP contribution in [0.2, 0.25) is 0 Å². The first kappa shape index (κ1) is 16.2. The number of nitrogens with one attached hydrogen (secondary N) is 1. The van der Waals surface area contributed by atoms with Crippen LogP contribution >= 0.6 is 0 Å². The highest BCUT2D eigenvalue weighted by atomic mass is 16.6. The molecule has 0 aromatic heterocycles. The normalized spacial score (nSPS) is 15.3. The van der Waals surface area contributed by atoms with Crippen LogP contribution in [-0.4, -0.2) is 48.5 Å². The van der Waals surface area contributed by atoms with Crippen LogP contribution < -0.4 is 10.1 Å². The second-order valence-corrected chi connectivity index (χ2v) is 5.31. The summed E-state index contributed by atoms with van der Waals surface area (Å²) < 4.78 is 5.41. The molecule has 120 valence electrons. The minimum atomic E-state index is -0.488. The minimum absolute atomic E-state index is 0.00508. The lowest BCUT2D eigenvalue weighted by atomic mass is 10.1. The molecule has 1 aliphatic rings. The highest BCUT2D eigenvalue weighted by Gasteiger charge is 2.22. The van der Waals surface area contributed by atoms with E-state index >= 15 is 0 Å². The Bertz CT molecular complexity index is 529. The zero-order chi connectivity index (χ0) is 15.9. The topological polar surface area (TPSA) is 84.7 Å². The van der Waals surface area contributed by atoms with Crippen molar-refractivity contribution in [2.24, 2.45) is 0 Å².